The molecular weight excluding hydrogens is 290 g/mol. The van der Waals surface area contributed by atoms with E-state index in [-0.39, 0.29) is 17.9 Å². The van der Waals surface area contributed by atoms with E-state index in [2.05, 4.69) is 5.32 Å². The molecule has 0 unspecified atom stereocenters. The van der Waals surface area contributed by atoms with Crippen molar-refractivity contribution in [3.05, 3.63) is 64.7 Å². The van der Waals surface area contributed by atoms with Crippen LogP contribution in [-0.4, -0.2) is 23.4 Å². The zero-order chi connectivity index (χ0) is 15.2. The summed E-state index contributed by atoms with van der Waals surface area (Å²) in [4.78, 5) is 23.7. The average molecular weight is 304 g/mol. The largest absolute Gasteiger partial charge is 0.388 e. The van der Waals surface area contributed by atoms with Crippen LogP contribution in [0.3, 0.4) is 0 Å². The summed E-state index contributed by atoms with van der Waals surface area (Å²) in [5.41, 5.74) is 1.38. The third kappa shape index (κ3) is 3.90. The Morgan fingerprint density at radius 1 is 1.05 bits per heavy atom. The van der Waals surface area contributed by atoms with Crippen LogP contribution in [0.15, 0.2) is 48.5 Å². The summed E-state index contributed by atoms with van der Waals surface area (Å²) in [7, 11) is 0. The number of nitrogens with one attached hydrogen (secondary N) is 1. The standard InChI is InChI=1S/C16H14ClNO3/c17-13-7-3-1-5-11(13)9-16(21)18-14-8-4-2-6-12(14)15(20)10-19/h1-8,19H,9-10H2,(H,18,21). The van der Waals surface area contributed by atoms with E-state index in [1.807, 2.05) is 0 Å². The van der Waals surface area contributed by atoms with Gasteiger partial charge in [0.1, 0.15) is 6.61 Å². The zero-order valence-electron chi connectivity index (χ0n) is 11.2. The number of ketones is 1. The van der Waals surface area contributed by atoms with Crippen LogP contribution in [0.25, 0.3) is 0 Å². The van der Waals surface area contributed by atoms with Gasteiger partial charge in [0.25, 0.3) is 0 Å². The van der Waals surface area contributed by atoms with Crippen molar-refractivity contribution in [1.82, 2.24) is 0 Å². The van der Waals surface area contributed by atoms with Crippen molar-refractivity contribution < 1.29 is 14.7 Å². The SMILES string of the molecule is O=C(Cc1ccccc1Cl)Nc1ccccc1C(=O)CO. The van der Waals surface area contributed by atoms with E-state index in [4.69, 9.17) is 16.7 Å². The number of Topliss-reactive ketones (excluding diaryl/α,β-unsaturated/α-hetero) is 1. The summed E-state index contributed by atoms with van der Waals surface area (Å²) in [5.74, 6) is -0.718. The molecular formula is C16H14ClNO3. The number of amides is 1. The van der Waals surface area contributed by atoms with E-state index in [9.17, 15) is 9.59 Å². The summed E-state index contributed by atoms with van der Waals surface area (Å²) in [6, 6.07) is 13.6. The highest BCUT2D eigenvalue weighted by Gasteiger charge is 2.13. The van der Waals surface area contributed by atoms with Crippen molar-refractivity contribution in [3.8, 4) is 0 Å². The summed E-state index contributed by atoms with van der Waals surface area (Å²) < 4.78 is 0. The fourth-order valence-electron chi connectivity index (χ4n) is 1.93. The summed E-state index contributed by atoms with van der Waals surface area (Å²) in [6.45, 7) is -0.600. The molecule has 0 atom stereocenters. The summed E-state index contributed by atoms with van der Waals surface area (Å²) >= 11 is 6.01. The molecule has 2 rings (SSSR count). The van der Waals surface area contributed by atoms with Gasteiger partial charge in [-0.1, -0.05) is 41.9 Å². The minimum Gasteiger partial charge on any atom is -0.388 e. The number of rotatable bonds is 5. The molecule has 2 N–H and O–H groups in total. The molecule has 4 nitrogen and oxygen atoms in total. The molecule has 0 saturated carbocycles. The second-order valence-corrected chi connectivity index (χ2v) is 4.85. The van der Waals surface area contributed by atoms with Crippen molar-refractivity contribution in [2.24, 2.45) is 0 Å². The second kappa shape index (κ2) is 7.02. The quantitative estimate of drug-likeness (QED) is 0.835. The monoisotopic (exact) mass is 303 g/mol. The number of benzene rings is 2. The number of carbonyl (C=O) groups is 2. The maximum atomic E-state index is 12.1. The van der Waals surface area contributed by atoms with Gasteiger partial charge in [0, 0.05) is 10.6 Å². The third-order valence-electron chi connectivity index (χ3n) is 2.95. The topological polar surface area (TPSA) is 66.4 Å². The van der Waals surface area contributed by atoms with Gasteiger partial charge in [-0.25, -0.2) is 0 Å². The van der Waals surface area contributed by atoms with Gasteiger partial charge >= 0.3 is 0 Å². The van der Waals surface area contributed by atoms with Gasteiger partial charge < -0.3 is 10.4 Å². The van der Waals surface area contributed by atoms with Gasteiger partial charge in [0.05, 0.1) is 12.1 Å². The van der Waals surface area contributed by atoms with Crippen LogP contribution in [0, 0.1) is 0 Å². The van der Waals surface area contributed by atoms with Crippen LogP contribution in [-0.2, 0) is 11.2 Å². The molecule has 1 amide bonds. The number of aliphatic hydroxyl groups is 1. The molecule has 108 valence electrons. The van der Waals surface area contributed by atoms with Crippen LogP contribution >= 0.6 is 11.6 Å². The first-order chi connectivity index (χ1) is 10.1. The molecule has 5 heteroatoms. The molecule has 0 fully saturated rings. The fourth-order valence-corrected chi connectivity index (χ4v) is 2.13. The predicted molar refractivity (Wildman–Crippen MR) is 81.6 cm³/mol. The molecule has 21 heavy (non-hydrogen) atoms. The highest BCUT2D eigenvalue weighted by atomic mass is 35.5. The van der Waals surface area contributed by atoms with Gasteiger partial charge in [-0.15, -0.1) is 0 Å². The molecule has 0 aromatic heterocycles. The van der Waals surface area contributed by atoms with Crippen molar-refractivity contribution >= 4 is 29.0 Å². The maximum absolute atomic E-state index is 12.1. The molecule has 2 aromatic carbocycles. The normalized spacial score (nSPS) is 10.2. The van der Waals surface area contributed by atoms with Crippen LogP contribution < -0.4 is 5.32 Å². The lowest BCUT2D eigenvalue weighted by molar-refractivity contribution is -0.115. The van der Waals surface area contributed by atoms with E-state index in [0.717, 1.165) is 0 Å². The van der Waals surface area contributed by atoms with Gasteiger partial charge in [0.2, 0.25) is 5.91 Å². The molecule has 0 heterocycles. The van der Waals surface area contributed by atoms with Crippen molar-refractivity contribution in [2.75, 3.05) is 11.9 Å². The van der Waals surface area contributed by atoms with Crippen LogP contribution in [0.2, 0.25) is 5.02 Å². The number of carbonyl (C=O) groups excluding carboxylic acids is 2. The highest BCUT2D eigenvalue weighted by molar-refractivity contribution is 6.31. The van der Waals surface area contributed by atoms with E-state index in [1.54, 1.807) is 48.5 Å². The first-order valence-corrected chi connectivity index (χ1v) is 6.76. The number of hydrogen-bond acceptors (Lipinski definition) is 3. The second-order valence-electron chi connectivity index (χ2n) is 4.44. The predicted octanol–water partition coefficient (Wildman–Crippen LogP) is 2.70. The number of anilines is 1. The average Bonchev–Trinajstić information content (AvgIpc) is 2.49. The van der Waals surface area contributed by atoms with Crippen LogP contribution in [0.5, 0.6) is 0 Å². The highest BCUT2D eigenvalue weighted by Crippen LogP contribution is 2.18. The molecule has 0 aliphatic heterocycles. The Balaban J connectivity index is 2.14. The molecule has 0 aliphatic carbocycles. The third-order valence-corrected chi connectivity index (χ3v) is 3.32. The number of aliphatic hydroxyl groups excluding tert-OH is 1. The summed E-state index contributed by atoms with van der Waals surface area (Å²) in [6.07, 6.45) is 0.112. The number of halogens is 1. The number of hydrogen-bond donors (Lipinski definition) is 2. The number of para-hydroxylation sites is 1. The Hall–Kier alpha value is -2.17. The van der Waals surface area contributed by atoms with Crippen molar-refractivity contribution in [3.63, 3.8) is 0 Å². The Labute approximate surface area is 127 Å². The fraction of sp³-hybridized carbons (Fsp3) is 0.125. The smallest absolute Gasteiger partial charge is 0.228 e. The first-order valence-electron chi connectivity index (χ1n) is 6.38. The molecule has 0 aliphatic rings. The van der Waals surface area contributed by atoms with Crippen molar-refractivity contribution in [1.29, 1.82) is 0 Å². The van der Waals surface area contributed by atoms with Crippen LogP contribution in [0.4, 0.5) is 5.69 Å². The molecule has 2 aromatic rings. The maximum Gasteiger partial charge on any atom is 0.228 e. The van der Waals surface area contributed by atoms with Gasteiger partial charge in [-0.3, -0.25) is 9.59 Å². The van der Waals surface area contributed by atoms with Gasteiger partial charge in [-0.2, -0.15) is 0 Å². The molecule has 0 bridgehead atoms. The van der Waals surface area contributed by atoms with E-state index >= 15 is 0 Å². The Bertz CT molecular complexity index is 670. The van der Waals surface area contributed by atoms with E-state index in [1.165, 1.54) is 0 Å². The van der Waals surface area contributed by atoms with Gasteiger partial charge in [0.15, 0.2) is 5.78 Å². The lowest BCUT2D eigenvalue weighted by Crippen LogP contribution is -2.17. The van der Waals surface area contributed by atoms with Crippen LogP contribution in [0.1, 0.15) is 15.9 Å². The lowest BCUT2D eigenvalue weighted by atomic mass is 10.1. The Morgan fingerprint density at radius 2 is 1.71 bits per heavy atom. The van der Waals surface area contributed by atoms with E-state index in [0.29, 0.717) is 16.3 Å². The van der Waals surface area contributed by atoms with E-state index < -0.39 is 12.4 Å². The Morgan fingerprint density at radius 3 is 2.43 bits per heavy atom. The first kappa shape index (κ1) is 15.2. The Kier molecular flexibility index (Phi) is 5.09. The molecule has 0 spiro atoms. The van der Waals surface area contributed by atoms with Crippen molar-refractivity contribution in [2.45, 2.75) is 6.42 Å². The lowest BCUT2D eigenvalue weighted by Gasteiger charge is -2.10. The molecule has 0 saturated heterocycles. The zero-order valence-corrected chi connectivity index (χ0v) is 11.9. The summed E-state index contributed by atoms with van der Waals surface area (Å²) in [5, 5.41) is 12.1. The minimum atomic E-state index is -0.600. The minimum absolute atomic E-state index is 0.112. The van der Waals surface area contributed by atoms with Gasteiger partial charge in [-0.05, 0) is 23.8 Å². The molecule has 0 radical (unpaired) electrons.